The molecular weight excluding hydrogens is 332 g/mol. The third-order valence-electron chi connectivity index (χ3n) is 5.17. The lowest BCUT2D eigenvalue weighted by Crippen LogP contribution is -2.34. The van der Waals surface area contributed by atoms with Crippen LogP contribution in [-0.4, -0.2) is 5.11 Å². The molecule has 1 aliphatic rings. The van der Waals surface area contributed by atoms with E-state index in [0.29, 0.717) is 0 Å². The van der Waals surface area contributed by atoms with Gasteiger partial charge in [0.05, 0.1) is 0 Å². The zero-order valence-corrected chi connectivity index (χ0v) is 14.7. The summed E-state index contributed by atoms with van der Waals surface area (Å²) in [4.78, 5) is 0. The first-order valence-corrected chi connectivity index (χ1v) is 9.01. The van der Waals surface area contributed by atoms with E-state index in [1.165, 1.54) is 0 Å². The van der Waals surface area contributed by atoms with Gasteiger partial charge in [0, 0.05) is 16.7 Å². The molecule has 0 saturated heterocycles. The molecule has 4 aromatic carbocycles. The van der Waals surface area contributed by atoms with Crippen LogP contribution in [0, 0.1) is 0 Å². The highest BCUT2D eigenvalue weighted by Crippen LogP contribution is 2.44. The predicted octanol–water partition coefficient (Wildman–Crippen LogP) is 5.89. The number of hydrogen-bond acceptors (Lipinski definition) is 2. The monoisotopic (exact) mass is 350 g/mol. The molecule has 0 radical (unpaired) electrons. The molecule has 0 aromatic heterocycles. The molecule has 0 spiro atoms. The molecule has 0 atom stereocenters. The highest BCUT2D eigenvalue weighted by molar-refractivity contribution is 5.94. The fourth-order valence-corrected chi connectivity index (χ4v) is 3.84. The van der Waals surface area contributed by atoms with Gasteiger partial charge in [-0.2, -0.15) is 0 Å². The largest absolute Gasteiger partial charge is 0.508 e. The Morgan fingerprint density at radius 2 is 1.37 bits per heavy atom. The molecule has 0 unspecified atom stereocenters. The van der Waals surface area contributed by atoms with E-state index in [9.17, 15) is 5.11 Å². The lowest BCUT2D eigenvalue weighted by molar-refractivity contribution is 0.161. The summed E-state index contributed by atoms with van der Waals surface area (Å²) < 4.78 is 6.68. The van der Waals surface area contributed by atoms with E-state index in [0.717, 1.165) is 33.2 Å². The molecular formula is C25H18O2. The molecule has 2 heteroatoms. The van der Waals surface area contributed by atoms with Gasteiger partial charge >= 0.3 is 0 Å². The van der Waals surface area contributed by atoms with Crippen LogP contribution in [0.2, 0.25) is 0 Å². The lowest BCUT2D eigenvalue weighted by atomic mass is 9.83. The van der Waals surface area contributed by atoms with Gasteiger partial charge in [-0.15, -0.1) is 0 Å². The number of ether oxygens (including phenoxy) is 1. The average Bonchev–Trinajstić information content (AvgIpc) is 2.74. The number of phenolic OH excluding ortho intramolecular Hbond substituents is 1. The van der Waals surface area contributed by atoms with Crippen LogP contribution >= 0.6 is 0 Å². The Balaban J connectivity index is 1.73. The van der Waals surface area contributed by atoms with E-state index in [1.807, 2.05) is 54.6 Å². The van der Waals surface area contributed by atoms with E-state index in [1.54, 1.807) is 12.1 Å². The van der Waals surface area contributed by atoms with Gasteiger partial charge in [-0.3, -0.25) is 0 Å². The topological polar surface area (TPSA) is 29.5 Å². The van der Waals surface area contributed by atoms with Gasteiger partial charge in [-0.1, -0.05) is 66.7 Å². The summed E-state index contributed by atoms with van der Waals surface area (Å²) in [5, 5.41) is 11.8. The number of rotatable bonds is 2. The quantitative estimate of drug-likeness (QED) is 0.488. The lowest BCUT2D eigenvalue weighted by Gasteiger charge is -2.36. The van der Waals surface area contributed by atoms with Crippen molar-refractivity contribution in [2.24, 2.45) is 0 Å². The number of benzene rings is 4. The van der Waals surface area contributed by atoms with Crippen molar-refractivity contribution >= 4 is 16.8 Å². The molecule has 2 nitrogen and oxygen atoms in total. The first-order chi connectivity index (χ1) is 13.3. The molecule has 1 N–H and O–H groups in total. The smallest absolute Gasteiger partial charge is 0.178 e. The number of aromatic hydroxyl groups is 1. The van der Waals surface area contributed by atoms with Crippen LogP contribution in [0.15, 0.2) is 97.1 Å². The Hall–Kier alpha value is -3.52. The van der Waals surface area contributed by atoms with Gasteiger partial charge in [-0.25, -0.2) is 0 Å². The van der Waals surface area contributed by atoms with E-state index in [4.69, 9.17) is 4.74 Å². The Morgan fingerprint density at radius 1 is 0.704 bits per heavy atom. The van der Waals surface area contributed by atoms with Gasteiger partial charge in [0.2, 0.25) is 0 Å². The Labute approximate surface area is 158 Å². The number of fused-ring (bicyclic) bond motifs is 3. The number of hydrogen-bond donors (Lipinski definition) is 1. The summed E-state index contributed by atoms with van der Waals surface area (Å²) in [5.74, 6) is 1.11. The van der Waals surface area contributed by atoms with Gasteiger partial charge in [0.15, 0.2) is 5.60 Å². The minimum Gasteiger partial charge on any atom is -0.508 e. The van der Waals surface area contributed by atoms with E-state index in [-0.39, 0.29) is 5.75 Å². The molecule has 0 amide bonds. The standard InChI is InChI=1S/C25H18O2/c26-21-12-13-22-18(17-21)11-14-24-23(22)15-16-25(27-24,19-7-3-1-4-8-19)20-9-5-2-6-10-20/h1-17,26H. The van der Waals surface area contributed by atoms with Crippen molar-refractivity contribution < 1.29 is 9.84 Å². The van der Waals surface area contributed by atoms with Crippen LogP contribution in [-0.2, 0) is 5.60 Å². The van der Waals surface area contributed by atoms with Gasteiger partial charge in [-0.05, 0) is 47.2 Å². The summed E-state index contributed by atoms with van der Waals surface area (Å²) >= 11 is 0. The zero-order chi connectivity index (χ0) is 18.3. The van der Waals surface area contributed by atoms with Crippen molar-refractivity contribution in [3.05, 3.63) is 114 Å². The van der Waals surface area contributed by atoms with Crippen molar-refractivity contribution in [1.29, 1.82) is 0 Å². The maximum atomic E-state index is 9.77. The molecule has 27 heavy (non-hydrogen) atoms. The molecule has 5 rings (SSSR count). The zero-order valence-electron chi connectivity index (χ0n) is 14.7. The fourth-order valence-electron chi connectivity index (χ4n) is 3.84. The maximum absolute atomic E-state index is 9.77. The predicted molar refractivity (Wildman–Crippen MR) is 109 cm³/mol. The van der Waals surface area contributed by atoms with Crippen LogP contribution < -0.4 is 4.74 Å². The molecule has 4 aromatic rings. The van der Waals surface area contributed by atoms with Crippen LogP contribution in [0.5, 0.6) is 11.5 Å². The Kier molecular flexibility index (Phi) is 3.51. The number of phenols is 1. The third kappa shape index (κ3) is 2.49. The van der Waals surface area contributed by atoms with Crippen molar-refractivity contribution in [3.63, 3.8) is 0 Å². The van der Waals surface area contributed by atoms with Crippen LogP contribution in [0.3, 0.4) is 0 Å². The van der Waals surface area contributed by atoms with Crippen molar-refractivity contribution in [2.45, 2.75) is 5.60 Å². The highest BCUT2D eigenvalue weighted by Gasteiger charge is 2.37. The van der Waals surface area contributed by atoms with Gasteiger partial charge in [0.1, 0.15) is 11.5 Å². The molecule has 1 aliphatic heterocycles. The minimum atomic E-state index is -0.667. The van der Waals surface area contributed by atoms with Crippen molar-refractivity contribution in [3.8, 4) is 11.5 Å². The average molecular weight is 350 g/mol. The van der Waals surface area contributed by atoms with Gasteiger partial charge in [0.25, 0.3) is 0 Å². The maximum Gasteiger partial charge on any atom is 0.178 e. The van der Waals surface area contributed by atoms with E-state index >= 15 is 0 Å². The third-order valence-corrected chi connectivity index (χ3v) is 5.17. The molecule has 0 saturated carbocycles. The molecule has 0 fully saturated rings. The second-order valence-corrected chi connectivity index (χ2v) is 6.79. The minimum absolute atomic E-state index is 0.270. The van der Waals surface area contributed by atoms with E-state index in [2.05, 4.69) is 36.4 Å². The second-order valence-electron chi connectivity index (χ2n) is 6.79. The molecule has 130 valence electrons. The SMILES string of the molecule is Oc1ccc2c3c(ccc2c1)OC(c1ccccc1)(c1ccccc1)C=C3. The van der Waals surface area contributed by atoms with E-state index < -0.39 is 5.60 Å². The molecule has 0 aliphatic carbocycles. The summed E-state index contributed by atoms with van der Waals surface area (Å²) in [6, 6.07) is 30.0. The summed E-state index contributed by atoms with van der Waals surface area (Å²) in [6.07, 6.45) is 4.27. The Bertz CT molecular complexity index is 1110. The normalized spacial score (nSPS) is 14.5. The van der Waals surface area contributed by atoms with Crippen molar-refractivity contribution in [2.75, 3.05) is 0 Å². The van der Waals surface area contributed by atoms with Crippen molar-refractivity contribution in [1.82, 2.24) is 0 Å². The molecule has 1 heterocycles. The van der Waals surface area contributed by atoms with Gasteiger partial charge < -0.3 is 9.84 Å². The summed E-state index contributed by atoms with van der Waals surface area (Å²) in [6.45, 7) is 0. The summed E-state index contributed by atoms with van der Waals surface area (Å²) in [5.41, 5.74) is 2.54. The van der Waals surface area contributed by atoms with Crippen LogP contribution in [0.1, 0.15) is 16.7 Å². The second kappa shape index (κ2) is 6.03. The first kappa shape index (κ1) is 15.7. The first-order valence-electron chi connectivity index (χ1n) is 9.01. The molecule has 0 bridgehead atoms. The van der Waals surface area contributed by atoms with Crippen LogP contribution in [0.25, 0.3) is 16.8 Å². The van der Waals surface area contributed by atoms with Crippen LogP contribution in [0.4, 0.5) is 0 Å². The summed E-state index contributed by atoms with van der Waals surface area (Å²) in [7, 11) is 0. The highest BCUT2D eigenvalue weighted by atomic mass is 16.5. The fraction of sp³-hybridized carbons (Fsp3) is 0.0400. The Morgan fingerprint density at radius 3 is 2.04 bits per heavy atom.